The molecule has 0 saturated carbocycles. The predicted molar refractivity (Wildman–Crippen MR) is 204 cm³/mol. The van der Waals surface area contributed by atoms with Gasteiger partial charge in [0.1, 0.15) is 11.2 Å². The van der Waals surface area contributed by atoms with Crippen LogP contribution in [0.25, 0.3) is 87.3 Å². The molecule has 0 saturated heterocycles. The van der Waals surface area contributed by atoms with E-state index in [-0.39, 0.29) is 0 Å². The third-order valence-electron chi connectivity index (χ3n) is 9.73. The molecule has 0 spiro atoms. The minimum Gasteiger partial charge on any atom is -0.455 e. The molecule has 2 heterocycles. The molecule has 0 aliphatic rings. The Morgan fingerprint density at radius 1 is 0.469 bits per heavy atom. The minimum atomic E-state index is -1.33. The normalized spacial score (nSPS) is 12.5. The Kier molecular flexibility index (Phi) is 6.27. The van der Waals surface area contributed by atoms with E-state index in [0.717, 1.165) is 80.9 Å². The Balaban J connectivity index is 1.30. The number of hydrogen-bond donors (Lipinski definition) is 0. The maximum Gasteiger partial charge on any atom is 0.143 e. The van der Waals surface area contributed by atoms with Crippen molar-refractivity contribution in [3.63, 3.8) is 0 Å². The molecule has 0 fully saturated rings. The maximum atomic E-state index is 13.7. The molecule has 230 valence electrons. The molecule has 3 nitrogen and oxygen atoms in total. The smallest absolute Gasteiger partial charge is 0.143 e. The third kappa shape index (κ3) is 4.35. The number of hydrogen-bond acceptors (Lipinski definition) is 3. The van der Waals surface area contributed by atoms with Crippen molar-refractivity contribution in [2.75, 3.05) is 0 Å². The monoisotopic (exact) mass is 645 g/mol. The van der Waals surface area contributed by atoms with Crippen LogP contribution in [-0.2, 0) is 10.8 Å². The van der Waals surface area contributed by atoms with Gasteiger partial charge in [0.25, 0.3) is 0 Å². The van der Waals surface area contributed by atoms with Crippen molar-refractivity contribution in [3.05, 3.63) is 164 Å². The highest BCUT2D eigenvalue weighted by atomic mass is 32.2. The fraction of sp³-hybridized carbons (Fsp3) is 0. The first-order valence-corrected chi connectivity index (χ1v) is 17.5. The zero-order chi connectivity index (χ0) is 32.5. The van der Waals surface area contributed by atoms with Crippen molar-refractivity contribution in [1.82, 2.24) is 4.98 Å². The summed E-state index contributed by atoms with van der Waals surface area (Å²) in [5, 5.41) is 11.5. The number of aromatic nitrogens is 1. The number of rotatable bonds is 4. The van der Waals surface area contributed by atoms with E-state index in [9.17, 15) is 4.21 Å². The average molecular weight is 646 g/mol. The predicted octanol–water partition coefficient (Wildman–Crippen LogP) is 12.1. The highest BCUT2D eigenvalue weighted by molar-refractivity contribution is 7.85. The first-order valence-electron chi connectivity index (χ1n) is 16.4. The molecule has 0 aliphatic carbocycles. The van der Waals surface area contributed by atoms with Gasteiger partial charge in [0.05, 0.1) is 10.8 Å². The van der Waals surface area contributed by atoms with E-state index in [1.807, 2.05) is 24.3 Å². The topological polar surface area (TPSA) is 43.1 Å². The number of pyridine rings is 1. The summed E-state index contributed by atoms with van der Waals surface area (Å²) in [4.78, 5) is 5.60. The Morgan fingerprint density at radius 3 is 1.76 bits per heavy atom. The number of nitrogens with zero attached hydrogens (tertiary/aromatic N) is 1. The lowest BCUT2D eigenvalue weighted by atomic mass is 9.85. The highest BCUT2D eigenvalue weighted by Crippen LogP contribution is 2.48. The van der Waals surface area contributed by atoms with Crippen molar-refractivity contribution in [2.45, 2.75) is 9.79 Å². The molecule has 0 N–H and O–H groups in total. The van der Waals surface area contributed by atoms with Crippen molar-refractivity contribution < 1.29 is 8.63 Å². The lowest BCUT2D eigenvalue weighted by molar-refractivity contribution is 0.671. The van der Waals surface area contributed by atoms with E-state index < -0.39 is 10.8 Å². The van der Waals surface area contributed by atoms with Gasteiger partial charge in [-0.15, -0.1) is 0 Å². The van der Waals surface area contributed by atoms with Crippen LogP contribution in [0.5, 0.6) is 0 Å². The molecule has 2 aromatic heterocycles. The molecule has 49 heavy (non-hydrogen) atoms. The first-order chi connectivity index (χ1) is 24.2. The van der Waals surface area contributed by atoms with E-state index in [2.05, 4.69) is 132 Å². The fourth-order valence-electron chi connectivity index (χ4n) is 7.59. The molecule has 4 heteroatoms. The van der Waals surface area contributed by atoms with Gasteiger partial charge in [0.2, 0.25) is 0 Å². The van der Waals surface area contributed by atoms with Gasteiger partial charge in [-0.25, -0.2) is 4.21 Å². The van der Waals surface area contributed by atoms with Gasteiger partial charge in [0, 0.05) is 44.1 Å². The van der Waals surface area contributed by atoms with Gasteiger partial charge in [-0.05, 0) is 96.7 Å². The van der Waals surface area contributed by atoms with E-state index in [4.69, 9.17) is 4.42 Å². The number of fused-ring (bicyclic) bond motifs is 8. The molecule has 0 bridgehead atoms. The maximum absolute atomic E-state index is 13.7. The van der Waals surface area contributed by atoms with Crippen molar-refractivity contribution >= 4 is 75.8 Å². The molecule has 1 atom stereocenters. The van der Waals surface area contributed by atoms with Gasteiger partial charge in [-0.2, -0.15) is 0 Å². The van der Waals surface area contributed by atoms with Crippen molar-refractivity contribution in [1.29, 1.82) is 0 Å². The van der Waals surface area contributed by atoms with E-state index in [1.54, 1.807) is 12.4 Å². The zero-order valence-electron chi connectivity index (χ0n) is 26.3. The van der Waals surface area contributed by atoms with Crippen molar-refractivity contribution in [2.24, 2.45) is 0 Å². The summed E-state index contributed by atoms with van der Waals surface area (Å²) in [6, 6.07) is 52.9. The SMILES string of the molecule is O=S(c1ccncc1)c1cccc(-c2c3ccccc3c(-c3cc4ccccc4c4c3oc3cc5ccccc5cc34)c3ccccc23)c1. The van der Waals surface area contributed by atoms with Gasteiger partial charge < -0.3 is 4.42 Å². The summed E-state index contributed by atoms with van der Waals surface area (Å²) >= 11 is 0. The third-order valence-corrected chi connectivity index (χ3v) is 11.1. The van der Waals surface area contributed by atoms with Crippen LogP contribution in [0.3, 0.4) is 0 Å². The summed E-state index contributed by atoms with van der Waals surface area (Å²) in [6.07, 6.45) is 3.37. The molecule has 1 unspecified atom stereocenters. The second-order valence-electron chi connectivity index (χ2n) is 12.5. The van der Waals surface area contributed by atoms with Crippen LogP contribution in [0.15, 0.2) is 178 Å². The first kappa shape index (κ1) is 28.0. The molecule has 10 rings (SSSR count). The molecule has 0 aliphatic heterocycles. The molecule has 8 aromatic carbocycles. The van der Waals surface area contributed by atoms with Crippen molar-refractivity contribution in [3.8, 4) is 22.3 Å². The summed E-state index contributed by atoms with van der Waals surface area (Å²) < 4.78 is 20.6. The van der Waals surface area contributed by atoms with Crippen LogP contribution in [-0.4, -0.2) is 9.19 Å². The molecule has 0 radical (unpaired) electrons. The quantitative estimate of drug-likeness (QED) is 0.179. The Labute approximate surface area is 284 Å². The lowest BCUT2D eigenvalue weighted by Gasteiger charge is -2.18. The van der Waals surface area contributed by atoms with Crippen LogP contribution < -0.4 is 0 Å². The Morgan fingerprint density at radius 2 is 1.06 bits per heavy atom. The van der Waals surface area contributed by atoms with E-state index in [1.165, 1.54) is 16.2 Å². The summed E-state index contributed by atoms with van der Waals surface area (Å²) in [5.74, 6) is 0. The standard InChI is InChI=1S/C45H27NO2S/c47-49(32-20-22-46-23-21-32)33-14-9-13-31(24-33)42-35-16-5-7-18-37(35)43(38-19-8-6-17-36(38)42)40-26-30-12-3-4-15-34(30)44-39-25-28-10-1-2-11-29(28)27-41(39)48-45(40)44/h1-27H. The summed E-state index contributed by atoms with van der Waals surface area (Å²) in [5.41, 5.74) is 6.14. The van der Waals surface area contributed by atoms with E-state index in [0.29, 0.717) is 0 Å². The Bertz CT molecular complexity index is 2900. The molecular formula is C45H27NO2S. The highest BCUT2D eigenvalue weighted by Gasteiger charge is 2.22. The number of benzene rings is 8. The van der Waals surface area contributed by atoms with Gasteiger partial charge in [-0.3, -0.25) is 4.98 Å². The largest absolute Gasteiger partial charge is 0.455 e. The second kappa shape index (κ2) is 11.0. The zero-order valence-corrected chi connectivity index (χ0v) is 27.1. The Hall–Kier alpha value is -6.10. The average Bonchev–Trinajstić information content (AvgIpc) is 3.54. The molecular weight excluding hydrogens is 619 g/mol. The minimum absolute atomic E-state index is 0.733. The van der Waals surface area contributed by atoms with Crippen LogP contribution in [0.2, 0.25) is 0 Å². The van der Waals surface area contributed by atoms with Gasteiger partial charge >= 0.3 is 0 Å². The van der Waals surface area contributed by atoms with Crippen LogP contribution in [0.1, 0.15) is 0 Å². The van der Waals surface area contributed by atoms with Crippen LogP contribution >= 0.6 is 0 Å². The van der Waals surface area contributed by atoms with Gasteiger partial charge in [-0.1, -0.05) is 109 Å². The fourth-order valence-corrected chi connectivity index (χ4v) is 8.67. The molecule has 0 amide bonds. The van der Waals surface area contributed by atoms with Crippen LogP contribution in [0, 0.1) is 0 Å². The lowest BCUT2D eigenvalue weighted by Crippen LogP contribution is -1.95. The summed E-state index contributed by atoms with van der Waals surface area (Å²) in [7, 11) is -1.33. The second-order valence-corrected chi connectivity index (χ2v) is 13.9. The molecule has 10 aromatic rings. The van der Waals surface area contributed by atoms with E-state index >= 15 is 0 Å². The van der Waals surface area contributed by atoms with Gasteiger partial charge in [0.15, 0.2) is 0 Å². The summed E-state index contributed by atoms with van der Waals surface area (Å²) in [6.45, 7) is 0. The number of furan rings is 1. The van der Waals surface area contributed by atoms with Crippen LogP contribution in [0.4, 0.5) is 0 Å².